The number of urea groups is 1. The van der Waals surface area contributed by atoms with Crippen LogP contribution in [0.1, 0.15) is 45.5 Å². The largest absolute Gasteiger partial charge is 0.396 e. The molecule has 1 unspecified atom stereocenters. The number of aliphatic hydroxyl groups excluding tert-OH is 1. The van der Waals surface area contributed by atoms with Crippen LogP contribution in [-0.2, 0) is 5.41 Å². The lowest BCUT2D eigenvalue weighted by Gasteiger charge is -2.13. The predicted molar refractivity (Wildman–Crippen MR) is 76.5 cm³/mol. The second-order valence-corrected chi connectivity index (χ2v) is 6.51. The van der Waals surface area contributed by atoms with E-state index in [0.717, 1.165) is 11.4 Å². The molecule has 1 aromatic heterocycles. The van der Waals surface area contributed by atoms with E-state index in [1.807, 2.05) is 27.7 Å². The van der Waals surface area contributed by atoms with Gasteiger partial charge in [0.05, 0.1) is 0 Å². The van der Waals surface area contributed by atoms with Gasteiger partial charge in [-0.3, -0.25) is 5.32 Å². The summed E-state index contributed by atoms with van der Waals surface area (Å²) in [7, 11) is 0. The van der Waals surface area contributed by atoms with Crippen molar-refractivity contribution in [3.8, 4) is 0 Å². The quantitative estimate of drug-likeness (QED) is 0.773. The first kappa shape index (κ1) is 15.8. The lowest BCUT2D eigenvalue weighted by molar-refractivity contribution is 0.245. The average Bonchev–Trinajstić information content (AvgIpc) is 2.74. The van der Waals surface area contributed by atoms with E-state index < -0.39 is 0 Å². The van der Waals surface area contributed by atoms with Crippen LogP contribution in [0.25, 0.3) is 0 Å². The Morgan fingerprint density at radius 3 is 2.63 bits per heavy atom. The SMILES string of the molecule is CC(CCCO)NC(=O)Nc1nnc(C(C)(C)C)s1. The van der Waals surface area contributed by atoms with E-state index >= 15 is 0 Å². The number of amides is 2. The van der Waals surface area contributed by atoms with Crippen LogP contribution in [0.3, 0.4) is 0 Å². The van der Waals surface area contributed by atoms with Crippen molar-refractivity contribution in [1.82, 2.24) is 15.5 Å². The van der Waals surface area contributed by atoms with Gasteiger partial charge in [-0.15, -0.1) is 10.2 Å². The van der Waals surface area contributed by atoms with Crippen molar-refractivity contribution in [3.05, 3.63) is 5.01 Å². The number of nitrogens with one attached hydrogen (secondary N) is 2. The van der Waals surface area contributed by atoms with Crippen LogP contribution in [0.15, 0.2) is 0 Å². The summed E-state index contributed by atoms with van der Waals surface area (Å²) in [5.74, 6) is 0. The number of anilines is 1. The lowest BCUT2D eigenvalue weighted by Crippen LogP contribution is -2.36. The van der Waals surface area contributed by atoms with Gasteiger partial charge in [0, 0.05) is 18.1 Å². The minimum absolute atomic E-state index is 0.0159. The number of hydrogen-bond donors (Lipinski definition) is 3. The molecular formula is C12H22N4O2S. The van der Waals surface area contributed by atoms with Gasteiger partial charge >= 0.3 is 6.03 Å². The monoisotopic (exact) mass is 286 g/mol. The molecule has 19 heavy (non-hydrogen) atoms. The lowest BCUT2D eigenvalue weighted by atomic mass is 9.98. The highest BCUT2D eigenvalue weighted by Gasteiger charge is 2.20. The van der Waals surface area contributed by atoms with Gasteiger partial charge < -0.3 is 10.4 Å². The summed E-state index contributed by atoms with van der Waals surface area (Å²) in [5, 5.41) is 23.6. The van der Waals surface area contributed by atoms with Gasteiger partial charge in [-0.05, 0) is 19.8 Å². The Morgan fingerprint density at radius 1 is 1.42 bits per heavy atom. The molecule has 0 aliphatic heterocycles. The Morgan fingerprint density at radius 2 is 2.11 bits per heavy atom. The summed E-state index contributed by atoms with van der Waals surface area (Å²) >= 11 is 1.38. The average molecular weight is 286 g/mol. The second kappa shape index (κ2) is 6.81. The summed E-state index contributed by atoms with van der Waals surface area (Å²) in [6.45, 7) is 8.19. The standard InChI is InChI=1S/C12H22N4O2S/c1-8(6-5-7-17)13-10(18)14-11-16-15-9(19-11)12(2,3)4/h8,17H,5-7H2,1-4H3,(H2,13,14,16,18). The van der Waals surface area contributed by atoms with Crippen molar-refractivity contribution in [3.63, 3.8) is 0 Å². The molecule has 6 nitrogen and oxygen atoms in total. The number of carbonyl (C=O) groups excluding carboxylic acids is 1. The topological polar surface area (TPSA) is 87.1 Å². The third-order valence-electron chi connectivity index (χ3n) is 2.46. The van der Waals surface area contributed by atoms with Crippen LogP contribution < -0.4 is 10.6 Å². The number of aromatic nitrogens is 2. The van der Waals surface area contributed by atoms with Crippen molar-refractivity contribution < 1.29 is 9.90 Å². The molecule has 0 aliphatic carbocycles. The molecule has 108 valence electrons. The first-order valence-corrected chi connectivity index (χ1v) is 7.17. The highest BCUT2D eigenvalue weighted by Crippen LogP contribution is 2.27. The molecule has 1 heterocycles. The summed E-state index contributed by atoms with van der Waals surface area (Å²) in [6, 6.07) is -0.274. The molecule has 0 fully saturated rings. The molecule has 0 saturated carbocycles. The maximum atomic E-state index is 11.7. The Kier molecular flexibility index (Phi) is 5.68. The van der Waals surface area contributed by atoms with Crippen molar-refractivity contribution >= 4 is 22.5 Å². The Bertz CT molecular complexity index is 414. The summed E-state index contributed by atoms with van der Waals surface area (Å²) < 4.78 is 0. The van der Waals surface area contributed by atoms with E-state index in [-0.39, 0.29) is 24.1 Å². The highest BCUT2D eigenvalue weighted by atomic mass is 32.1. The van der Waals surface area contributed by atoms with E-state index in [9.17, 15) is 4.79 Å². The fourth-order valence-corrected chi connectivity index (χ4v) is 2.20. The van der Waals surface area contributed by atoms with Crippen molar-refractivity contribution in [2.24, 2.45) is 0 Å². The number of hydrogen-bond acceptors (Lipinski definition) is 5. The molecule has 0 saturated heterocycles. The van der Waals surface area contributed by atoms with Gasteiger partial charge in [-0.2, -0.15) is 0 Å². The predicted octanol–water partition coefficient (Wildman–Crippen LogP) is 2.12. The van der Waals surface area contributed by atoms with Gasteiger partial charge in [0.1, 0.15) is 5.01 Å². The molecule has 0 radical (unpaired) electrons. The molecule has 0 spiro atoms. The van der Waals surface area contributed by atoms with E-state index in [2.05, 4.69) is 20.8 Å². The molecular weight excluding hydrogens is 264 g/mol. The van der Waals surface area contributed by atoms with E-state index in [0.29, 0.717) is 11.6 Å². The summed E-state index contributed by atoms with van der Waals surface area (Å²) in [6.07, 6.45) is 1.42. The van der Waals surface area contributed by atoms with Crippen LogP contribution in [0.2, 0.25) is 0 Å². The molecule has 0 bridgehead atoms. The zero-order valence-corrected chi connectivity index (χ0v) is 12.7. The van der Waals surface area contributed by atoms with Gasteiger partial charge in [0.15, 0.2) is 0 Å². The van der Waals surface area contributed by atoms with Crippen molar-refractivity contribution in [1.29, 1.82) is 0 Å². The van der Waals surface area contributed by atoms with Gasteiger partial charge in [0.25, 0.3) is 0 Å². The summed E-state index contributed by atoms with van der Waals surface area (Å²) in [5.41, 5.74) is -0.0670. The first-order chi connectivity index (χ1) is 8.82. The Labute approximate surface area is 117 Å². The smallest absolute Gasteiger partial charge is 0.321 e. The second-order valence-electron chi connectivity index (χ2n) is 5.53. The number of carbonyl (C=O) groups is 1. The normalized spacial score (nSPS) is 13.1. The molecule has 1 atom stereocenters. The minimum atomic E-state index is -0.290. The molecule has 2 amide bonds. The van der Waals surface area contributed by atoms with E-state index in [1.54, 1.807) is 0 Å². The van der Waals surface area contributed by atoms with E-state index in [4.69, 9.17) is 5.11 Å². The first-order valence-electron chi connectivity index (χ1n) is 6.35. The number of rotatable bonds is 5. The van der Waals surface area contributed by atoms with Crippen LogP contribution >= 0.6 is 11.3 Å². The fourth-order valence-electron chi connectivity index (χ4n) is 1.40. The molecule has 0 aliphatic rings. The Balaban J connectivity index is 2.46. The fraction of sp³-hybridized carbons (Fsp3) is 0.750. The number of nitrogens with zero attached hydrogens (tertiary/aromatic N) is 2. The summed E-state index contributed by atoms with van der Waals surface area (Å²) in [4.78, 5) is 11.7. The maximum absolute atomic E-state index is 11.7. The highest BCUT2D eigenvalue weighted by molar-refractivity contribution is 7.15. The van der Waals surface area contributed by atoms with Crippen LogP contribution in [0.5, 0.6) is 0 Å². The third kappa shape index (κ3) is 5.52. The van der Waals surface area contributed by atoms with E-state index in [1.165, 1.54) is 11.3 Å². The van der Waals surface area contributed by atoms with Gasteiger partial charge in [-0.25, -0.2) is 4.79 Å². The maximum Gasteiger partial charge on any atom is 0.321 e. The zero-order valence-electron chi connectivity index (χ0n) is 11.9. The number of aliphatic hydroxyl groups is 1. The van der Waals surface area contributed by atoms with Crippen LogP contribution in [0, 0.1) is 0 Å². The molecule has 0 aromatic carbocycles. The molecule has 7 heteroatoms. The van der Waals surface area contributed by atoms with Crippen molar-refractivity contribution in [2.45, 2.75) is 52.0 Å². The van der Waals surface area contributed by atoms with Crippen LogP contribution in [0.4, 0.5) is 9.93 Å². The van der Waals surface area contributed by atoms with Gasteiger partial charge in [-0.1, -0.05) is 32.1 Å². The molecule has 3 N–H and O–H groups in total. The van der Waals surface area contributed by atoms with Gasteiger partial charge in [0.2, 0.25) is 5.13 Å². The molecule has 1 aromatic rings. The van der Waals surface area contributed by atoms with Crippen molar-refractivity contribution in [2.75, 3.05) is 11.9 Å². The minimum Gasteiger partial charge on any atom is -0.396 e. The Hall–Kier alpha value is -1.21. The molecule has 1 rings (SSSR count). The van der Waals surface area contributed by atoms with Crippen LogP contribution in [-0.4, -0.2) is 34.0 Å². The zero-order chi connectivity index (χ0) is 14.5. The third-order valence-corrected chi connectivity index (χ3v) is 3.72.